The molecule has 0 aliphatic carbocycles. The molecular formula is C8H10BNa. The molecule has 0 spiro atoms. The van der Waals surface area contributed by atoms with Crippen LogP contribution in [-0.4, -0.2) is 36.3 Å². The number of rotatable bonds is 1. The summed E-state index contributed by atoms with van der Waals surface area (Å²) < 4.78 is 1.42. The topological polar surface area (TPSA) is 0 Å². The summed E-state index contributed by atoms with van der Waals surface area (Å²) in [5.74, 6) is 0. The second kappa shape index (κ2) is 4.78. The first kappa shape index (κ1) is 10.0. The third-order valence-electron chi connectivity index (χ3n) is 1.41. The van der Waals surface area contributed by atoms with Gasteiger partial charge >= 0.3 is 73.2 Å². The van der Waals surface area contributed by atoms with Gasteiger partial charge in [-0.3, -0.25) is 0 Å². The summed E-state index contributed by atoms with van der Waals surface area (Å²) in [6.45, 7) is 3.71. The molecule has 0 bridgehead atoms. The van der Waals surface area contributed by atoms with Crippen LogP contribution in [0.5, 0.6) is 0 Å². The SMILES string of the molecule is B.C=Cc1cccc[c]1[Na]. The van der Waals surface area contributed by atoms with Crippen molar-refractivity contribution in [2.75, 3.05) is 0 Å². The van der Waals surface area contributed by atoms with Gasteiger partial charge in [-0.2, -0.15) is 0 Å². The van der Waals surface area contributed by atoms with Crippen LogP contribution in [0.3, 0.4) is 0 Å². The molecule has 10 heavy (non-hydrogen) atoms. The Bertz CT molecular complexity index is 220. The Morgan fingerprint density at radius 2 is 1.90 bits per heavy atom. The molecule has 0 unspecified atom stereocenters. The fraction of sp³-hybridized carbons (Fsp3) is 0. The molecule has 0 atom stereocenters. The molecule has 0 radical (unpaired) electrons. The predicted molar refractivity (Wildman–Crippen MR) is 51.9 cm³/mol. The Morgan fingerprint density at radius 3 is 2.30 bits per heavy atom. The molecule has 0 saturated carbocycles. The fourth-order valence-electron chi connectivity index (χ4n) is 0.816. The first-order valence-corrected chi connectivity index (χ1v) is 4.02. The maximum absolute atomic E-state index is 3.71. The molecule has 46 valence electrons. The number of hydrogen-bond donors (Lipinski definition) is 0. The zero-order valence-electron chi connectivity index (χ0n) is 5.59. The van der Waals surface area contributed by atoms with Gasteiger partial charge in [0.15, 0.2) is 0 Å². The fourth-order valence-corrected chi connectivity index (χ4v) is 1.38. The van der Waals surface area contributed by atoms with Gasteiger partial charge in [-0.05, 0) is 0 Å². The molecule has 1 rings (SSSR count). The second-order valence-electron chi connectivity index (χ2n) is 2.06. The van der Waals surface area contributed by atoms with Crippen molar-refractivity contribution in [2.24, 2.45) is 0 Å². The molecule has 0 fully saturated rings. The van der Waals surface area contributed by atoms with E-state index in [2.05, 4.69) is 24.8 Å². The average molecular weight is 140 g/mol. The first-order chi connectivity index (χ1) is 4.34. The summed E-state index contributed by atoms with van der Waals surface area (Å²) in [6.07, 6.45) is 1.91. The van der Waals surface area contributed by atoms with E-state index in [0.29, 0.717) is 0 Å². The molecular weight excluding hydrogens is 130 g/mol. The molecule has 1 aromatic carbocycles. The van der Waals surface area contributed by atoms with E-state index in [0.717, 1.165) is 27.9 Å². The van der Waals surface area contributed by atoms with Gasteiger partial charge in [0.25, 0.3) is 0 Å². The summed E-state index contributed by atoms with van der Waals surface area (Å²) in [5, 5.41) is 0. The monoisotopic (exact) mass is 140 g/mol. The van der Waals surface area contributed by atoms with Gasteiger partial charge in [0.1, 0.15) is 0 Å². The van der Waals surface area contributed by atoms with E-state index in [9.17, 15) is 0 Å². The van der Waals surface area contributed by atoms with E-state index in [1.807, 2.05) is 12.1 Å². The second-order valence-corrected chi connectivity index (χ2v) is 3.14. The third-order valence-corrected chi connectivity index (χ3v) is 2.32. The summed E-state index contributed by atoms with van der Waals surface area (Å²) in [4.78, 5) is 0. The van der Waals surface area contributed by atoms with Crippen molar-refractivity contribution >= 4 is 45.2 Å². The van der Waals surface area contributed by atoms with Crippen LogP contribution in [0, 0.1) is 0 Å². The van der Waals surface area contributed by atoms with Crippen molar-refractivity contribution in [1.29, 1.82) is 0 Å². The minimum absolute atomic E-state index is 0. The van der Waals surface area contributed by atoms with Gasteiger partial charge in [0, 0.05) is 0 Å². The zero-order valence-corrected chi connectivity index (χ0v) is 7.59. The quantitative estimate of drug-likeness (QED) is 0.479. The maximum atomic E-state index is 3.71. The summed E-state index contributed by atoms with van der Waals surface area (Å²) in [7, 11) is 0. The van der Waals surface area contributed by atoms with Crippen LogP contribution in [0.25, 0.3) is 6.08 Å². The molecule has 0 aliphatic rings. The van der Waals surface area contributed by atoms with Crippen LogP contribution in [0.2, 0.25) is 0 Å². The molecule has 1 aromatic rings. The molecule has 2 heteroatoms. The van der Waals surface area contributed by atoms with E-state index < -0.39 is 0 Å². The van der Waals surface area contributed by atoms with Gasteiger partial charge in [0.05, 0.1) is 8.41 Å². The van der Waals surface area contributed by atoms with Crippen LogP contribution in [0.4, 0.5) is 0 Å². The van der Waals surface area contributed by atoms with Gasteiger partial charge in [-0.1, -0.05) is 0 Å². The molecule has 0 heterocycles. The Kier molecular flexibility index (Phi) is 4.79. The molecule has 0 N–H and O–H groups in total. The minimum atomic E-state index is 0. The first-order valence-electron chi connectivity index (χ1n) is 3.02. The Balaban J connectivity index is 0.000000810. The van der Waals surface area contributed by atoms with Crippen LogP contribution < -0.4 is 2.81 Å². The van der Waals surface area contributed by atoms with E-state index in [-0.39, 0.29) is 8.41 Å². The standard InChI is InChI=1S/C8H7.BH3.Na/c1-2-8-6-4-3-5-7-8;;/h2-6H,1H2;1H3;. The zero-order chi connectivity index (χ0) is 6.69. The van der Waals surface area contributed by atoms with Crippen molar-refractivity contribution < 1.29 is 0 Å². The third kappa shape index (κ3) is 2.33. The summed E-state index contributed by atoms with van der Waals surface area (Å²) in [6, 6.07) is 8.34. The summed E-state index contributed by atoms with van der Waals surface area (Å²) in [5.41, 5.74) is 1.28. The van der Waals surface area contributed by atoms with E-state index in [1.54, 1.807) is 0 Å². The van der Waals surface area contributed by atoms with Gasteiger partial charge in [-0.15, -0.1) is 0 Å². The van der Waals surface area contributed by atoms with Gasteiger partial charge in [-0.25, -0.2) is 0 Å². The average Bonchev–Trinajstić information content (AvgIpc) is 1.89. The van der Waals surface area contributed by atoms with Crippen LogP contribution in [-0.2, 0) is 0 Å². The van der Waals surface area contributed by atoms with E-state index in [4.69, 9.17) is 0 Å². The van der Waals surface area contributed by atoms with E-state index in [1.165, 1.54) is 8.38 Å². The van der Waals surface area contributed by atoms with Gasteiger partial charge < -0.3 is 0 Å². The van der Waals surface area contributed by atoms with Crippen molar-refractivity contribution in [1.82, 2.24) is 0 Å². The van der Waals surface area contributed by atoms with Crippen molar-refractivity contribution in [3.63, 3.8) is 0 Å². The van der Waals surface area contributed by atoms with Crippen LogP contribution >= 0.6 is 0 Å². The molecule has 0 aliphatic heterocycles. The normalized spacial score (nSPS) is 8.20. The van der Waals surface area contributed by atoms with Crippen LogP contribution in [0.15, 0.2) is 30.8 Å². The summed E-state index contributed by atoms with van der Waals surface area (Å²) >= 11 is 1.11. The van der Waals surface area contributed by atoms with Crippen molar-refractivity contribution in [3.8, 4) is 0 Å². The van der Waals surface area contributed by atoms with E-state index >= 15 is 0 Å². The van der Waals surface area contributed by atoms with Crippen molar-refractivity contribution in [3.05, 3.63) is 36.4 Å². The molecule has 0 nitrogen and oxygen atoms in total. The Labute approximate surface area is 81.3 Å². The predicted octanol–water partition coefficient (Wildman–Crippen LogP) is -0.0605. The Morgan fingerprint density at radius 1 is 1.30 bits per heavy atom. The Hall–Kier alpha value is 0.0249. The number of hydrogen-bond acceptors (Lipinski definition) is 0. The van der Waals surface area contributed by atoms with Crippen LogP contribution in [0.1, 0.15) is 5.56 Å². The molecule has 0 aromatic heterocycles. The number of benzene rings is 1. The molecule has 0 amide bonds. The van der Waals surface area contributed by atoms with Gasteiger partial charge in [0.2, 0.25) is 0 Å². The molecule has 0 saturated heterocycles. The van der Waals surface area contributed by atoms with Crippen molar-refractivity contribution in [2.45, 2.75) is 0 Å².